The maximum Gasteiger partial charge on any atom is 0.309 e. The Balaban J connectivity index is 1.42. The lowest BCUT2D eigenvalue weighted by molar-refractivity contribution is -0.145. The molecular weight excluding hydrogens is 322 g/mol. The van der Waals surface area contributed by atoms with Crippen molar-refractivity contribution in [3.63, 3.8) is 0 Å². The predicted octanol–water partition coefficient (Wildman–Crippen LogP) is 4.32. The molecule has 0 atom stereocenters. The summed E-state index contributed by atoms with van der Waals surface area (Å²) in [6, 6.07) is 19.3. The normalized spacial score (nSPS) is 10.3. The Labute approximate surface area is 144 Å². The summed E-state index contributed by atoms with van der Waals surface area (Å²) in [5.74, 6) is 0.456. The molecule has 4 nitrogen and oxygen atoms in total. The molecule has 0 bridgehead atoms. The molecule has 0 aliphatic heterocycles. The smallest absolute Gasteiger partial charge is 0.309 e. The molecule has 0 spiro atoms. The predicted molar refractivity (Wildman–Crippen MR) is 93.9 cm³/mol. The largest absolute Gasteiger partial charge is 0.493 e. The van der Waals surface area contributed by atoms with Gasteiger partial charge in [-0.1, -0.05) is 48.5 Å². The first-order valence-corrected chi connectivity index (χ1v) is 8.52. The van der Waals surface area contributed by atoms with Crippen LogP contribution in [-0.2, 0) is 16.1 Å². The fourth-order valence-corrected chi connectivity index (χ4v) is 2.89. The van der Waals surface area contributed by atoms with E-state index in [1.54, 1.807) is 11.3 Å². The average molecular weight is 339 g/mol. The van der Waals surface area contributed by atoms with Crippen LogP contribution in [0.2, 0.25) is 0 Å². The van der Waals surface area contributed by atoms with E-state index < -0.39 is 0 Å². The summed E-state index contributed by atoms with van der Waals surface area (Å²) < 4.78 is 10.7. The second-order valence-corrected chi connectivity index (χ2v) is 5.94. The maximum absolute atomic E-state index is 11.8. The van der Waals surface area contributed by atoms with Crippen molar-refractivity contribution in [1.29, 1.82) is 0 Å². The Bertz CT molecular complexity index is 772. The van der Waals surface area contributed by atoms with Crippen LogP contribution in [-0.4, -0.2) is 17.6 Å². The van der Waals surface area contributed by atoms with Gasteiger partial charge in [0, 0.05) is 10.9 Å². The minimum atomic E-state index is -0.291. The highest BCUT2D eigenvalue weighted by Gasteiger charge is 2.08. The van der Waals surface area contributed by atoms with E-state index in [9.17, 15) is 4.79 Å². The number of thiazole rings is 1. The second kappa shape index (κ2) is 8.26. The molecular formula is C19H17NO3S. The van der Waals surface area contributed by atoms with Gasteiger partial charge in [0.25, 0.3) is 0 Å². The van der Waals surface area contributed by atoms with Crippen molar-refractivity contribution in [2.75, 3.05) is 6.61 Å². The zero-order valence-electron chi connectivity index (χ0n) is 13.1. The Morgan fingerprint density at radius 1 is 1.00 bits per heavy atom. The first-order chi connectivity index (χ1) is 11.8. The van der Waals surface area contributed by atoms with Crippen LogP contribution in [0.4, 0.5) is 0 Å². The lowest BCUT2D eigenvalue weighted by Crippen LogP contribution is -2.10. The summed E-state index contributed by atoms with van der Waals surface area (Å²) in [6.45, 7) is 0.489. The molecule has 1 aromatic heterocycles. The molecule has 5 heteroatoms. The van der Waals surface area contributed by atoms with E-state index in [4.69, 9.17) is 9.47 Å². The number of rotatable bonds is 7. The monoisotopic (exact) mass is 339 g/mol. The fourth-order valence-electron chi connectivity index (χ4n) is 2.08. The zero-order valence-corrected chi connectivity index (χ0v) is 13.9. The first kappa shape index (κ1) is 16.2. The van der Waals surface area contributed by atoms with Gasteiger partial charge in [0.1, 0.15) is 17.4 Å². The molecule has 3 aromatic rings. The average Bonchev–Trinajstić information content (AvgIpc) is 3.11. The van der Waals surface area contributed by atoms with Crippen LogP contribution in [0.1, 0.15) is 12.1 Å². The number of para-hydroxylation sites is 1. The summed E-state index contributed by atoms with van der Waals surface area (Å²) in [5, 5.41) is 2.84. The summed E-state index contributed by atoms with van der Waals surface area (Å²) in [7, 11) is 0. The standard InChI is InChI=1S/C19H17NO3S/c21-18(11-12-22-17-9-5-2-6-10-17)23-13-16-14-24-19(20-16)15-7-3-1-4-8-15/h1-10,14H,11-13H2. The third-order valence-corrected chi connectivity index (χ3v) is 4.21. The zero-order chi connectivity index (χ0) is 16.6. The highest BCUT2D eigenvalue weighted by Crippen LogP contribution is 2.23. The van der Waals surface area contributed by atoms with Crippen LogP contribution in [0, 0.1) is 0 Å². The van der Waals surface area contributed by atoms with Gasteiger partial charge in [-0.15, -0.1) is 11.3 Å². The number of benzene rings is 2. The van der Waals surface area contributed by atoms with Gasteiger partial charge in [0.2, 0.25) is 0 Å². The van der Waals surface area contributed by atoms with Crippen LogP contribution in [0.5, 0.6) is 5.75 Å². The molecule has 0 radical (unpaired) electrons. The number of ether oxygens (including phenoxy) is 2. The SMILES string of the molecule is O=C(CCOc1ccccc1)OCc1csc(-c2ccccc2)n1. The van der Waals surface area contributed by atoms with Gasteiger partial charge in [-0.2, -0.15) is 0 Å². The van der Waals surface area contributed by atoms with Crippen molar-refractivity contribution >= 4 is 17.3 Å². The number of hydrogen-bond acceptors (Lipinski definition) is 5. The molecule has 0 unspecified atom stereocenters. The number of aromatic nitrogens is 1. The molecule has 2 aromatic carbocycles. The molecule has 1 heterocycles. The van der Waals surface area contributed by atoms with Crippen LogP contribution in [0.25, 0.3) is 10.6 Å². The van der Waals surface area contributed by atoms with Gasteiger partial charge >= 0.3 is 5.97 Å². The molecule has 0 amide bonds. The first-order valence-electron chi connectivity index (χ1n) is 7.64. The molecule has 0 aliphatic carbocycles. The second-order valence-electron chi connectivity index (χ2n) is 5.08. The van der Waals surface area contributed by atoms with E-state index in [-0.39, 0.29) is 19.0 Å². The van der Waals surface area contributed by atoms with Crippen molar-refractivity contribution in [2.45, 2.75) is 13.0 Å². The topological polar surface area (TPSA) is 48.4 Å². The number of nitrogens with zero attached hydrogens (tertiary/aromatic N) is 1. The molecule has 0 N–H and O–H groups in total. The van der Waals surface area contributed by atoms with Gasteiger partial charge in [-0.25, -0.2) is 4.98 Å². The van der Waals surface area contributed by atoms with E-state index in [0.717, 1.165) is 22.0 Å². The summed E-state index contributed by atoms with van der Waals surface area (Å²) in [4.78, 5) is 16.2. The summed E-state index contributed by atoms with van der Waals surface area (Å²) in [5.41, 5.74) is 1.83. The number of carbonyl (C=O) groups is 1. The van der Waals surface area contributed by atoms with Gasteiger partial charge in [-0.05, 0) is 12.1 Å². The van der Waals surface area contributed by atoms with E-state index >= 15 is 0 Å². The lowest BCUT2D eigenvalue weighted by atomic mass is 10.2. The minimum Gasteiger partial charge on any atom is -0.493 e. The number of carbonyl (C=O) groups excluding carboxylic acids is 1. The van der Waals surface area contributed by atoms with Crippen molar-refractivity contribution < 1.29 is 14.3 Å². The Hall–Kier alpha value is -2.66. The van der Waals surface area contributed by atoms with Gasteiger partial charge in [-0.3, -0.25) is 4.79 Å². The summed E-state index contributed by atoms with van der Waals surface area (Å²) >= 11 is 1.54. The van der Waals surface area contributed by atoms with Crippen molar-refractivity contribution in [3.05, 3.63) is 71.7 Å². The molecule has 24 heavy (non-hydrogen) atoms. The molecule has 3 rings (SSSR count). The van der Waals surface area contributed by atoms with Crippen LogP contribution < -0.4 is 4.74 Å². The van der Waals surface area contributed by atoms with E-state index in [2.05, 4.69) is 4.98 Å². The highest BCUT2D eigenvalue weighted by molar-refractivity contribution is 7.13. The molecule has 0 saturated carbocycles. The van der Waals surface area contributed by atoms with Gasteiger partial charge < -0.3 is 9.47 Å². The summed E-state index contributed by atoms with van der Waals surface area (Å²) in [6.07, 6.45) is 0.213. The third-order valence-electron chi connectivity index (χ3n) is 3.27. The van der Waals surface area contributed by atoms with Crippen LogP contribution in [0.15, 0.2) is 66.0 Å². The molecule has 0 saturated heterocycles. The Morgan fingerprint density at radius 2 is 1.71 bits per heavy atom. The van der Waals surface area contributed by atoms with Crippen molar-refractivity contribution in [1.82, 2.24) is 4.98 Å². The van der Waals surface area contributed by atoms with Crippen molar-refractivity contribution in [3.8, 4) is 16.3 Å². The van der Waals surface area contributed by atoms with Gasteiger partial charge in [0.15, 0.2) is 0 Å². The molecule has 0 fully saturated rings. The lowest BCUT2D eigenvalue weighted by Gasteiger charge is -2.05. The fraction of sp³-hybridized carbons (Fsp3) is 0.158. The molecule has 0 aliphatic rings. The van der Waals surface area contributed by atoms with Crippen molar-refractivity contribution in [2.24, 2.45) is 0 Å². The van der Waals surface area contributed by atoms with Crippen LogP contribution in [0.3, 0.4) is 0 Å². The minimum absolute atomic E-state index is 0.188. The van der Waals surface area contributed by atoms with Gasteiger partial charge in [0.05, 0.1) is 18.7 Å². The molecule has 122 valence electrons. The van der Waals surface area contributed by atoms with E-state index in [1.165, 1.54) is 0 Å². The highest BCUT2D eigenvalue weighted by atomic mass is 32.1. The Morgan fingerprint density at radius 3 is 2.46 bits per heavy atom. The van der Waals surface area contributed by atoms with Crippen LogP contribution >= 0.6 is 11.3 Å². The number of esters is 1. The third kappa shape index (κ3) is 4.67. The number of hydrogen-bond donors (Lipinski definition) is 0. The maximum atomic E-state index is 11.8. The van der Waals surface area contributed by atoms with E-state index in [0.29, 0.717) is 6.61 Å². The van der Waals surface area contributed by atoms with E-state index in [1.807, 2.05) is 66.0 Å². The Kier molecular flexibility index (Phi) is 5.58. The quantitative estimate of drug-likeness (QED) is 0.601.